The van der Waals surface area contributed by atoms with E-state index in [0.717, 1.165) is 22.4 Å². The molecule has 1 aliphatic rings. The summed E-state index contributed by atoms with van der Waals surface area (Å²) in [5, 5.41) is 0. The Morgan fingerprint density at radius 3 is 2.30 bits per heavy atom. The number of fused-ring (bicyclic) bond motifs is 1. The number of carbonyl (C=O) groups is 2. The molecule has 1 aliphatic heterocycles. The molecule has 0 saturated heterocycles. The van der Waals surface area contributed by atoms with E-state index in [1.54, 1.807) is 6.92 Å². The summed E-state index contributed by atoms with van der Waals surface area (Å²) < 4.78 is 16.8. The molecule has 3 aromatic carbocycles. The van der Waals surface area contributed by atoms with Gasteiger partial charge in [0.2, 0.25) is 0 Å². The van der Waals surface area contributed by atoms with Crippen LogP contribution in [-0.2, 0) is 27.3 Å². The molecule has 0 spiro atoms. The predicted molar refractivity (Wildman–Crippen MR) is 124 cm³/mol. The Labute approximate surface area is 193 Å². The summed E-state index contributed by atoms with van der Waals surface area (Å²) in [6.45, 7) is 4.01. The number of rotatable bonds is 6. The molecular weight excluding hydrogens is 418 g/mol. The van der Waals surface area contributed by atoms with E-state index in [0.29, 0.717) is 12.2 Å². The third-order valence-electron chi connectivity index (χ3n) is 5.69. The topological polar surface area (TPSA) is 65.1 Å². The van der Waals surface area contributed by atoms with Crippen LogP contribution in [0.4, 0.5) is 4.79 Å². The van der Waals surface area contributed by atoms with E-state index in [-0.39, 0.29) is 13.2 Å². The predicted octanol–water partition coefficient (Wildman–Crippen LogP) is 5.67. The van der Waals surface area contributed by atoms with Crippen molar-refractivity contribution in [3.8, 4) is 11.5 Å². The van der Waals surface area contributed by atoms with Crippen LogP contribution in [0.25, 0.3) is 0 Å². The molecule has 33 heavy (non-hydrogen) atoms. The third kappa shape index (κ3) is 5.17. The lowest BCUT2D eigenvalue weighted by Crippen LogP contribution is -2.51. The monoisotopic (exact) mass is 445 g/mol. The van der Waals surface area contributed by atoms with E-state index < -0.39 is 24.1 Å². The van der Waals surface area contributed by atoms with Gasteiger partial charge in [-0.3, -0.25) is 4.90 Å². The zero-order valence-corrected chi connectivity index (χ0v) is 18.8. The van der Waals surface area contributed by atoms with Crippen molar-refractivity contribution in [1.29, 1.82) is 0 Å². The van der Waals surface area contributed by atoms with Crippen molar-refractivity contribution in [3.63, 3.8) is 0 Å². The third-order valence-corrected chi connectivity index (χ3v) is 5.69. The zero-order valence-electron chi connectivity index (χ0n) is 18.8. The average Bonchev–Trinajstić information content (AvgIpc) is 2.84. The van der Waals surface area contributed by atoms with Crippen LogP contribution in [0.2, 0.25) is 0 Å². The van der Waals surface area contributed by atoms with Crippen molar-refractivity contribution in [2.24, 2.45) is 0 Å². The molecule has 0 fully saturated rings. The Hall–Kier alpha value is -3.80. The van der Waals surface area contributed by atoms with Gasteiger partial charge in [0.1, 0.15) is 24.1 Å². The van der Waals surface area contributed by atoms with E-state index in [2.05, 4.69) is 0 Å². The second-order valence-electron chi connectivity index (χ2n) is 7.87. The number of para-hydroxylation sites is 1. The lowest BCUT2D eigenvalue weighted by molar-refractivity contribution is -0.150. The molecule has 0 saturated carbocycles. The summed E-state index contributed by atoms with van der Waals surface area (Å²) in [5.74, 6) is 0.958. The lowest BCUT2D eigenvalue weighted by atomic mass is 9.89. The molecule has 6 heteroatoms. The number of amides is 1. The Balaban J connectivity index is 1.59. The van der Waals surface area contributed by atoms with Crippen LogP contribution in [0.15, 0.2) is 78.9 Å². The minimum atomic E-state index is -0.753. The fourth-order valence-electron chi connectivity index (χ4n) is 4.08. The molecule has 0 aliphatic carbocycles. The first-order valence-electron chi connectivity index (χ1n) is 11.1. The van der Waals surface area contributed by atoms with Crippen LogP contribution in [0, 0.1) is 0 Å². The maximum atomic E-state index is 13.2. The summed E-state index contributed by atoms with van der Waals surface area (Å²) in [6, 6.07) is 23.6. The van der Waals surface area contributed by atoms with Gasteiger partial charge in [-0.05, 0) is 54.8 Å². The Bertz CT molecular complexity index is 1100. The molecule has 1 amide bonds. The maximum Gasteiger partial charge on any atom is 0.411 e. The van der Waals surface area contributed by atoms with Gasteiger partial charge in [-0.25, -0.2) is 9.59 Å². The van der Waals surface area contributed by atoms with Crippen molar-refractivity contribution in [3.05, 3.63) is 95.6 Å². The van der Waals surface area contributed by atoms with E-state index in [1.807, 2.05) is 85.8 Å². The lowest BCUT2D eigenvalue weighted by Gasteiger charge is -2.39. The van der Waals surface area contributed by atoms with Gasteiger partial charge in [-0.1, -0.05) is 54.6 Å². The van der Waals surface area contributed by atoms with Crippen molar-refractivity contribution < 1.29 is 23.8 Å². The molecule has 0 bridgehead atoms. The Kier molecular flexibility index (Phi) is 6.93. The van der Waals surface area contributed by atoms with Gasteiger partial charge in [0.15, 0.2) is 0 Å². The fraction of sp³-hybridized carbons (Fsp3) is 0.259. The highest BCUT2D eigenvalue weighted by molar-refractivity contribution is 5.83. The van der Waals surface area contributed by atoms with Gasteiger partial charge in [-0.2, -0.15) is 0 Å². The highest BCUT2D eigenvalue weighted by atomic mass is 16.6. The molecule has 3 aromatic rings. The average molecular weight is 446 g/mol. The largest absolute Gasteiger partial charge is 0.464 e. The van der Waals surface area contributed by atoms with Crippen LogP contribution in [-0.4, -0.2) is 29.6 Å². The van der Waals surface area contributed by atoms with E-state index >= 15 is 0 Å². The van der Waals surface area contributed by atoms with Crippen LogP contribution in [0.1, 0.15) is 36.6 Å². The summed E-state index contributed by atoms with van der Waals surface area (Å²) in [4.78, 5) is 27.4. The van der Waals surface area contributed by atoms with Gasteiger partial charge in [0.05, 0.1) is 12.6 Å². The molecule has 4 rings (SSSR count). The van der Waals surface area contributed by atoms with Gasteiger partial charge >= 0.3 is 12.1 Å². The highest BCUT2D eigenvalue weighted by Crippen LogP contribution is 2.37. The first-order chi connectivity index (χ1) is 16.1. The second-order valence-corrected chi connectivity index (χ2v) is 7.87. The van der Waals surface area contributed by atoms with Gasteiger partial charge < -0.3 is 14.2 Å². The second kappa shape index (κ2) is 10.2. The fourth-order valence-corrected chi connectivity index (χ4v) is 4.08. The highest BCUT2D eigenvalue weighted by Gasteiger charge is 2.41. The SMILES string of the molecule is CCOC(=O)C1Cc2ccc(Oc3ccccc3)cc2C(C)N1C(=O)OCc1ccccc1. The molecule has 0 aromatic heterocycles. The molecule has 170 valence electrons. The molecule has 0 radical (unpaired) electrons. The van der Waals surface area contributed by atoms with Gasteiger partial charge in [0, 0.05) is 6.42 Å². The van der Waals surface area contributed by atoms with E-state index in [1.165, 1.54) is 4.90 Å². The van der Waals surface area contributed by atoms with Crippen molar-refractivity contribution in [2.75, 3.05) is 6.61 Å². The first-order valence-corrected chi connectivity index (χ1v) is 11.1. The number of benzene rings is 3. The van der Waals surface area contributed by atoms with Crippen LogP contribution >= 0.6 is 0 Å². The van der Waals surface area contributed by atoms with Crippen molar-refractivity contribution in [1.82, 2.24) is 4.90 Å². The number of nitrogens with zero attached hydrogens (tertiary/aromatic N) is 1. The van der Waals surface area contributed by atoms with E-state index in [4.69, 9.17) is 14.2 Å². The Morgan fingerprint density at radius 1 is 0.909 bits per heavy atom. The molecule has 1 heterocycles. The van der Waals surface area contributed by atoms with Gasteiger partial charge in [0.25, 0.3) is 0 Å². The molecule has 6 nitrogen and oxygen atoms in total. The van der Waals surface area contributed by atoms with Crippen molar-refractivity contribution in [2.45, 2.75) is 39.0 Å². The number of esters is 1. The van der Waals surface area contributed by atoms with Gasteiger partial charge in [-0.15, -0.1) is 0 Å². The van der Waals surface area contributed by atoms with Crippen molar-refractivity contribution >= 4 is 12.1 Å². The zero-order chi connectivity index (χ0) is 23.2. The number of carbonyl (C=O) groups excluding carboxylic acids is 2. The molecular formula is C27H27NO5. The molecule has 0 N–H and O–H groups in total. The number of hydrogen-bond acceptors (Lipinski definition) is 5. The quantitative estimate of drug-likeness (QED) is 0.458. The first kappa shape index (κ1) is 22.4. The van der Waals surface area contributed by atoms with Crippen LogP contribution in [0.5, 0.6) is 11.5 Å². The number of ether oxygens (including phenoxy) is 3. The summed E-state index contributed by atoms with van der Waals surface area (Å²) >= 11 is 0. The minimum absolute atomic E-state index is 0.127. The van der Waals surface area contributed by atoms with E-state index in [9.17, 15) is 9.59 Å². The summed E-state index contributed by atoms with van der Waals surface area (Å²) in [7, 11) is 0. The Morgan fingerprint density at radius 2 is 1.61 bits per heavy atom. The normalized spacial score (nSPS) is 17.1. The standard InChI is InChI=1S/C27H27NO5/c1-3-31-26(29)25-16-21-14-15-23(33-22-12-8-5-9-13-22)17-24(21)19(2)28(25)27(30)32-18-20-10-6-4-7-11-20/h4-15,17,19,25H,3,16,18H2,1-2H3. The van der Waals surface area contributed by atoms with Crippen LogP contribution in [0.3, 0.4) is 0 Å². The smallest absolute Gasteiger partial charge is 0.411 e. The number of hydrogen-bond donors (Lipinski definition) is 0. The summed E-state index contributed by atoms with van der Waals surface area (Å²) in [5.41, 5.74) is 2.77. The minimum Gasteiger partial charge on any atom is -0.464 e. The maximum absolute atomic E-state index is 13.2. The molecule has 2 atom stereocenters. The summed E-state index contributed by atoms with van der Waals surface area (Å²) in [6.07, 6.45) is -0.200. The van der Waals surface area contributed by atoms with Crippen LogP contribution < -0.4 is 4.74 Å². The molecule has 2 unspecified atom stereocenters.